The summed E-state index contributed by atoms with van der Waals surface area (Å²) in [4.78, 5) is 17.3. The van der Waals surface area contributed by atoms with E-state index in [1.54, 1.807) is 18.2 Å². The molecule has 1 heterocycles. The van der Waals surface area contributed by atoms with Gasteiger partial charge in [-0.25, -0.2) is 8.78 Å². The summed E-state index contributed by atoms with van der Waals surface area (Å²) < 4.78 is 45.8. The van der Waals surface area contributed by atoms with Crippen molar-refractivity contribution in [3.8, 4) is 11.5 Å². The van der Waals surface area contributed by atoms with E-state index in [9.17, 15) is 13.6 Å². The normalized spacial score (nSPS) is 11.8. The van der Waals surface area contributed by atoms with Gasteiger partial charge in [-0.15, -0.1) is 0 Å². The van der Waals surface area contributed by atoms with Crippen LogP contribution in [0.2, 0.25) is 0 Å². The zero-order valence-corrected chi connectivity index (χ0v) is 17.0. The second-order valence-corrected chi connectivity index (χ2v) is 6.93. The minimum atomic E-state index is -0.722. The molecule has 0 spiro atoms. The molecule has 154 valence electrons. The molecule has 0 aliphatic heterocycles. The van der Waals surface area contributed by atoms with Crippen molar-refractivity contribution in [3.05, 3.63) is 52.3 Å². The van der Waals surface area contributed by atoms with Crippen molar-refractivity contribution in [2.75, 3.05) is 27.4 Å². The van der Waals surface area contributed by atoms with E-state index in [2.05, 4.69) is 4.99 Å². The minimum Gasteiger partial charge on any atom is -0.493 e. The molecule has 0 saturated heterocycles. The van der Waals surface area contributed by atoms with E-state index in [1.165, 1.54) is 24.9 Å². The summed E-state index contributed by atoms with van der Waals surface area (Å²) in [5.41, 5.74) is 0.382. The SMILES string of the molecule is CCOCCn1c(=NC(=O)c2cccc(OC)c2OC)sc2cc(F)cc(F)c21. The van der Waals surface area contributed by atoms with E-state index < -0.39 is 17.5 Å². The van der Waals surface area contributed by atoms with Gasteiger partial charge in [-0.05, 0) is 25.1 Å². The van der Waals surface area contributed by atoms with Crippen LogP contribution in [0.1, 0.15) is 17.3 Å². The van der Waals surface area contributed by atoms with Gasteiger partial charge in [0.05, 0.1) is 36.6 Å². The third kappa shape index (κ3) is 4.30. The summed E-state index contributed by atoms with van der Waals surface area (Å²) in [5, 5.41) is 0. The van der Waals surface area contributed by atoms with Crippen molar-refractivity contribution in [1.82, 2.24) is 4.57 Å². The number of hydrogen-bond acceptors (Lipinski definition) is 5. The van der Waals surface area contributed by atoms with Gasteiger partial charge in [0.2, 0.25) is 0 Å². The van der Waals surface area contributed by atoms with Gasteiger partial charge in [0, 0.05) is 19.2 Å². The van der Waals surface area contributed by atoms with Crippen molar-refractivity contribution >= 4 is 27.5 Å². The zero-order chi connectivity index (χ0) is 21.0. The Morgan fingerprint density at radius 1 is 1.21 bits per heavy atom. The molecule has 3 aromatic rings. The third-order valence-corrected chi connectivity index (χ3v) is 5.21. The number of ether oxygens (including phenoxy) is 3. The third-order valence-electron chi connectivity index (χ3n) is 4.19. The van der Waals surface area contributed by atoms with E-state index in [1.807, 2.05) is 6.92 Å². The molecule has 0 N–H and O–H groups in total. The van der Waals surface area contributed by atoms with Crippen LogP contribution in [0.3, 0.4) is 0 Å². The topological polar surface area (TPSA) is 62.1 Å². The largest absolute Gasteiger partial charge is 0.493 e. The molecule has 3 rings (SSSR count). The summed E-state index contributed by atoms with van der Waals surface area (Å²) in [6.45, 7) is 2.89. The minimum absolute atomic E-state index is 0.181. The van der Waals surface area contributed by atoms with Gasteiger partial charge in [0.25, 0.3) is 5.91 Å². The number of methoxy groups -OCH3 is 2. The highest BCUT2D eigenvalue weighted by Gasteiger charge is 2.18. The van der Waals surface area contributed by atoms with Crippen LogP contribution in [0.25, 0.3) is 10.2 Å². The molecule has 0 radical (unpaired) electrons. The number of carbonyl (C=O) groups is 1. The van der Waals surface area contributed by atoms with Crippen LogP contribution in [-0.4, -0.2) is 37.9 Å². The van der Waals surface area contributed by atoms with Gasteiger partial charge in [0.15, 0.2) is 22.1 Å². The van der Waals surface area contributed by atoms with Crippen LogP contribution in [-0.2, 0) is 11.3 Å². The number of nitrogens with zero attached hydrogens (tertiary/aromatic N) is 2. The number of fused-ring (bicyclic) bond motifs is 1. The number of para-hydroxylation sites is 1. The van der Waals surface area contributed by atoms with Crippen LogP contribution < -0.4 is 14.3 Å². The smallest absolute Gasteiger partial charge is 0.283 e. The van der Waals surface area contributed by atoms with Crippen LogP contribution in [0.5, 0.6) is 11.5 Å². The molecule has 0 atom stereocenters. The number of amides is 1. The predicted octanol–water partition coefficient (Wildman–Crippen LogP) is 3.78. The molecule has 1 amide bonds. The maximum absolute atomic E-state index is 14.4. The molecule has 2 aromatic carbocycles. The Morgan fingerprint density at radius 3 is 2.69 bits per heavy atom. The Bertz CT molecular complexity index is 1110. The van der Waals surface area contributed by atoms with Gasteiger partial charge in [0.1, 0.15) is 5.82 Å². The summed E-state index contributed by atoms with van der Waals surface area (Å²) >= 11 is 1.02. The van der Waals surface area contributed by atoms with Crippen molar-refractivity contribution < 1.29 is 27.8 Å². The van der Waals surface area contributed by atoms with Crippen molar-refractivity contribution in [1.29, 1.82) is 0 Å². The molecule has 1 aromatic heterocycles. The lowest BCUT2D eigenvalue weighted by molar-refractivity contribution is 0.0993. The van der Waals surface area contributed by atoms with Crippen LogP contribution in [0, 0.1) is 11.6 Å². The molecule has 0 unspecified atom stereocenters. The molecule has 29 heavy (non-hydrogen) atoms. The summed E-state index contributed by atoms with van der Waals surface area (Å²) in [6.07, 6.45) is 0. The summed E-state index contributed by atoms with van der Waals surface area (Å²) in [6, 6.07) is 6.90. The standard InChI is InChI=1S/C20H20F2N2O4S/c1-4-28-9-8-24-17-14(22)10-12(21)11-16(17)29-20(24)23-19(25)13-6-5-7-15(26-2)18(13)27-3/h5-7,10-11H,4,8-9H2,1-3H3. The van der Waals surface area contributed by atoms with Crippen molar-refractivity contribution in [3.63, 3.8) is 0 Å². The molecule has 0 fully saturated rings. The molecule has 0 saturated carbocycles. The fourth-order valence-electron chi connectivity index (χ4n) is 2.92. The quantitative estimate of drug-likeness (QED) is 0.544. The van der Waals surface area contributed by atoms with Gasteiger partial charge in [-0.2, -0.15) is 4.99 Å². The summed E-state index contributed by atoms with van der Waals surface area (Å²) in [5.74, 6) is -1.36. The number of rotatable bonds is 7. The number of carbonyl (C=O) groups excluding carboxylic acids is 1. The Kier molecular flexibility index (Phi) is 6.60. The molecular formula is C20H20F2N2O4S. The fraction of sp³-hybridized carbons (Fsp3) is 0.300. The average molecular weight is 422 g/mol. The molecule has 6 nitrogen and oxygen atoms in total. The first kappa shape index (κ1) is 20.9. The fourth-order valence-corrected chi connectivity index (χ4v) is 4.02. The van der Waals surface area contributed by atoms with Gasteiger partial charge >= 0.3 is 0 Å². The number of benzene rings is 2. The van der Waals surface area contributed by atoms with Crippen LogP contribution >= 0.6 is 11.3 Å². The van der Waals surface area contributed by atoms with Gasteiger partial charge in [-0.1, -0.05) is 17.4 Å². The second kappa shape index (κ2) is 9.15. The predicted molar refractivity (Wildman–Crippen MR) is 106 cm³/mol. The van der Waals surface area contributed by atoms with E-state index in [4.69, 9.17) is 14.2 Å². The van der Waals surface area contributed by atoms with Gasteiger partial charge < -0.3 is 18.8 Å². The Morgan fingerprint density at radius 2 is 2.00 bits per heavy atom. The molecule has 0 aliphatic rings. The van der Waals surface area contributed by atoms with Crippen LogP contribution in [0.4, 0.5) is 8.78 Å². The lowest BCUT2D eigenvalue weighted by atomic mass is 10.2. The molecule has 9 heteroatoms. The average Bonchev–Trinajstić information content (AvgIpc) is 3.04. The number of hydrogen-bond donors (Lipinski definition) is 0. The maximum Gasteiger partial charge on any atom is 0.283 e. The van der Waals surface area contributed by atoms with Crippen molar-refractivity contribution in [2.45, 2.75) is 13.5 Å². The van der Waals surface area contributed by atoms with Crippen LogP contribution in [0.15, 0.2) is 35.3 Å². The lowest BCUT2D eigenvalue weighted by Crippen LogP contribution is -2.20. The maximum atomic E-state index is 14.4. The summed E-state index contributed by atoms with van der Waals surface area (Å²) in [7, 11) is 2.89. The number of halogens is 2. The zero-order valence-electron chi connectivity index (χ0n) is 16.2. The van der Waals surface area contributed by atoms with E-state index in [0.717, 1.165) is 17.4 Å². The second-order valence-electron chi connectivity index (χ2n) is 5.93. The highest BCUT2D eigenvalue weighted by molar-refractivity contribution is 7.16. The van der Waals surface area contributed by atoms with E-state index >= 15 is 0 Å². The molecular weight excluding hydrogens is 402 g/mol. The molecule has 0 aliphatic carbocycles. The monoisotopic (exact) mass is 422 g/mol. The lowest BCUT2D eigenvalue weighted by Gasteiger charge is -2.10. The first-order valence-corrected chi connectivity index (χ1v) is 9.68. The Labute approximate surface area is 170 Å². The first-order valence-electron chi connectivity index (χ1n) is 8.86. The molecule has 0 bridgehead atoms. The van der Waals surface area contributed by atoms with E-state index in [-0.39, 0.29) is 28.2 Å². The van der Waals surface area contributed by atoms with Crippen molar-refractivity contribution in [2.24, 2.45) is 4.99 Å². The van der Waals surface area contributed by atoms with Gasteiger partial charge in [-0.3, -0.25) is 4.79 Å². The number of thiazole rings is 1. The first-order chi connectivity index (χ1) is 14.0. The Balaban J connectivity index is 2.15. The van der Waals surface area contributed by atoms with E-state index in [0.29, 0.717) is 23.7 Å². The highest BCUT2D eigenvalue weighted by Crippen LogP contribution is 2.31. The Hall–Kier alpha value is -2.78. The highest BCUT2D eigenvalue weighted by atomic mass is 32.1. The number of aromatic nitrogens is 1.